The zero-order chi connectivity index (χ0) is 20.8. The molecule has 6 heteroatoms. The predicted molar refractivity (Wildman–Crippen MR) is 113 cm³/mol. The lowest BCUT2D eigenvalue weighted by molar-refractivity contribution is 0.0954. The number of ether oxygens (including phenoxy) is 2. The summed E-state index contributed by atoms with van der Waals surface area (Å²) in [7, 11) is 3.23. The second kappa shape index (κ2) is 9.28. The van der Waals surface area contributed by atoms with Gasteiger partial charge in [0.2, 0.25) is 0 Å². The molecule has 0 aliphatic carbocycles. The number of aryl methyl sites for hydroxylation is 2. The molecule has 1 amide bonds. The van der Waals surface area contributed by atoms with Gasteiger partial charge in [0.25, 0.3) is 5.91 Å². The van der Waals surface area contributed by atoms with Gasteiger partial charge in [0.15, 0.2) is 11.5 Å². The van der Waals surface area contributed by atoms with Crippen molar-refractivity contribution >= 4 is 5.91 Å². The zero-order valence-electron chi connectivity index (χ0n) is 17.4. The first-order valence-electron chi connectivity index (χ1n) is 9.59. The second-order valence-electron chi connectivity index (χ2n) is 6.98. The minimum absolute atomic E-state index is 0.0827. The van der Waals surface area contributed by atoms with Crippen molar-refractivity contribution in [3.63, 3.8) is 0 Å². The fourth-order valence-corrected chi connectivity index (χ4v) is 3.28. The van der Waals surface area contributed by atoms with E-state index < -0.39 is 0 Å². The summed E-state index contributed by atoms with van der Waals surface area (Å²) in [6.45, 7) is 5.19. The van der Waals surface area contributed by atoms with Gasteiger partial charge >= 0.3 is 0 Å². The molecule has 0 unspecified atom stereocenters. The molecular formula is C23H27N3O3. The lowest BCUT2D eigenvalue weighted by atomic mass is 10.1. The van der Waals surface area contributed by atoms with E-state index in [-0.39, 0.29) is 5.91 Å². The summed E-state index contributed by atoms with van der Waals surface area (Å²) in [5.74, 6) is 1.30. The number of hydrogen-bond donors (Lipinski definition) is 1. The van der Waals surface area contributed by atoms with Gasteiger partial charge in [-0.05, 0) is 61.7 Å². The Morgan fingerprint density at radius 3 is 2.48 bits per heavy atom. The van der Waals surface area contributed by atoms with Crippen LogP contribution in [-0.2, 0) is 13.0 Å². The summed E-state index contributed by atoms with van der Waals surface area (Å²) < 4.78 is 12.5. The minimum Gasteiger partial charge on any atom is -0.493 e. The Morgan fingerprint density at radius 2 is 1.79 bits per heavy atom. The Labute approximate surface area is 171 Å². The lowest BCUT2D eigenvalue weighted by Crippen LogP contribution is -2.25. The second-order valence-corrected chi connectivity index (χ2v) is 6.98. The Morgan fingerprint density at radius 1 is 1.00 bits per heavy atom. The Kier molecular flexibility index (Phi) is 6.54. The van der Waals surface area contributed by atoms with Gasteiger partial charge in [0.1, 0.15) is 0 Å². The van der Waals surface area contributed by atoms with Crippen molar-refractivity contribution in [3.05, 3.63) is 76.6 Å². The lowest BCUT2D eigenvalue weighted by Gasteiger charge is -2.11. The van der Waals surface area contributed by atoms with E-state index in [0.29, 0.717) is 36.6 Å². The highest BCUT2D eigenvalue weighted by Gasteiger charge is 2.09. The summed E-state index contributed by atoms with van der Waals surface area (Å²) >= 11 is 0. The van der Waals surface area contributed by atoms with Gasteiger partial charge in [-0.25, -0.2) is 0 Å². The largest absolute Gasteiger partial charge is 0.493 e. The van der Waals surface area contributed by atoms with Crippen LogP contribution in [0.2, 0.25) is 0 Å². The van der Waals surface area contributed by atoms with Gasteiger partial charge in [-0.15, -0.1) is 0 Å². The molecule has 0 saturated heterocycles. The normalized spacial score (nSPS) is 10.6. The zero-order valence-corrected chi connectivity index (χ0v) is 17.4. The first kappa shape index (κ1) is 20.5. The number of hydrogen-bond acceptors (Lipinski definition) is 4. The third kappa shape index (κ3) is 5.16. The van der Waals surface area contributed by atoms with E-state index in [0.717, 1.165) is 22.5 Å². The van der Waals surface area contributed by atoms with Crippen LogP contribution in [0.3, 0.4) is 0 Å². The number of amides is 1. The summed E-state index contributed by atoms with van der Waals surface area (Å²) in [5.41, 5.74) is 4.86. The van der Waals surface area contributed by atoms with Gasteiger partial charge in [-0.3, -0.25) is 9.48 Å². The van der Waals surface area contributed by atoms with Crippen LogP contribution in [0.1, 0.15) is 32.9 Å². The summed E-state index contributed by atoms with van der Waals surface area (Å²) in [6.07, 6.45) is 0.706. The first-order valence-corrected chi connectivity index (χ1v) is 9.59. The third-order valence-corrected chi connectivity index (χ3v) is 4.77. The van der Waals surface area contributed by atoms with Crippen LogP contribution in [0.15, 0.2) is 48.5 Å². The smallest absolute Gasteiger partial charge is 0.251 e. The van der Waals surface area contributed by atoms with E-state index in [4.69, 9.17) is 9.47 Å². The predicted octanol–water partition coefficient (Wildman–Crippen LogP) is 3.54. The van der Waals surface area contributed by atoms with Crippen molar-refractivity contribution in [2.45, 2.75) is 26.8 Å². The van der Waals surface area contributed by atoms with Crippen LogP contribution in [-0.4, -0.2) is 36.5 Å². The standard InChI is InChI=1S/C23H27N3O3/c1-16-12-17(2)26(25-16)15-19-6-5-7-20(13-19)23(27)24-11-10-18-8-9-21(28-3)22(14-18)29-4/h5-9,12-14H,10-11,15H2,1-4H3,(H,24,27). The highest BCUT2D eigenvalue weighted by atomic mass is 16.5. The van der Waals surface area contributed by atoms with Crippen molar-refractivity contribution in [3.8, 4) is 11.5 Å². The van der Waals surface area contributed by atoms with Crippen LogP contribution >= 0.6 is 0 Å². The fraction of sp³-hybridized carbons (Fsp3) is 0.304. The topological polar surface area (TPSA) is 65.4 Å². The molecule has 0 radical (unpaired) electrons. The number of rotatable bonds is 8. The summed E-state index contributed by atoms with van der Waals surface area (Å²) in [4.78, 5) is 12.6. The van der Waals surface area contributed by atoms with E-state index in [9.17, 15) is 4.79 Å². The monoisotopic (exact) mass is 393 g/mol. The molecule has 0 saturated carbocycles. The van der Waals surface area contributed by atoms with Crippen LogP contribution < -0.4 is 14.8 Å². The van der Waals surface area contributed by atoms with Crippen molar-refractivity contribution < 1.29 is 14.3 Å². The van der Waals surface area contributed by atoms with Gasteiger partial charge in [-0.1, -0.05) is 18.2 Å². The number of nitrogens with zero attached hydrogens (tertiary/aromatic N) is 2. The van der Waals surface area contributed by atoms with Crippen molar-refractivity contribution in [2.24, 2.45) is 0 Å². The minimum atomic E-state index is -0.0827. The molecule has 0 aliphatic rings. The van der Waals surface area contributed by atoms with Crippen LogP contribution in [0.4, 0.5) is 0 Å². The molecule has 152 valence electrons. The molecule has 0 aliphatic heterocycles. The van der Waals surface area contributed by atoms with E-state index in [1.54, 1.807) is 14.2 Å². The van der Waals surface area contributed by atoms with Crippen LogP contribution in [0, 0.1) is 13.8 Å². The molecule has 3 rings (SSSR count). The van der Waals surface area contributed by atoms with Crippen molar-refractivity contribution in [1.29, 1.82) is 0 Å². The number of methoxy groups -OCH3 is 2. The molecule has 1 N–H and O–H groups in total. The molecular weight excluding hydrogens is 366 g/mol. The number of carbonyl (C=O) groups excluding carboxylic acids is 1. The molecule has 0 atom stereocenters. The van der Waals surface area contributed by atoms with Gasteiger partial charge in [0.05, 0.1) is 26.5 Å². The Bertz CT molecular complexity index is 995. The molecule has 1 heterocycles. The van der Waals surface area contributed by atoms with E-state index >= 15 is 0 Å². The molecule has 2 aromatic carbocycles. The first-order chi connectivity index (χ1) is 14.0. The Balaban J connectivity index is 1.59. The average Bonchev–Trinajstić information content (AvgIpc) is 3.04. The van der Waals surface area contributed by atoms with Crippen molar-refractivity contribution in [2.75, 3.05) is 20.8 Å². The molecule has 1 aromatic heterocycles. The van der Waals surface area contributed by atoms with E-state index in [1.165, 1.54) is 0 Å². The fourth-order valence-electron chi connectivity index (χ4n) is 3.28. The van der Waals surface area contributed by atoms with Crippen LogP contribution in [0.25, 0.3) is 0 Å². The molecule has 6 nitrogen and oxygen atoms in total. The molecule has 3 aromatic rings. The van der Waals surface area contributed by atoms with Crippen molar-refractivity contribution in [1.82, 2.24) is 15.1 Å². The maximum atomic E-state index is 12.6. The van der Waals surface area contributed by atoms with E-state index in [1.807, 2.05) is 67.1 Å². The summed E-state index contributed by atoms with van der Waals surface area (Å²) in [5, 5.41) is 7.47. The van der Waals surface area contributed by atoms with Gasteiger partial charge in [-0.2, -0.15) is 5.10 Å². The highest BCUT2D eigenvalue weighted by molar-refractivity contribution is 5.94. The third-order valence-electron chi connectivity index (χ3n) is 4.77. The quantitative estimate of drug-likeness (QED) is 0.636. The number of carbonyl (C=O) groups is 1. The van der Waals surface area contributed by atoms with Gasteiger partial charge in [0, 0.05) is 17.8 Å². The van der Waals surface area contributed by atoms with E-state index in [2.05, 4.69) is 10.4 Å². The van der Waals surface area contributed by atoms with Crippen LogP contribution in [0.5, 0.6) is 11.5 Å². The molecule has 29 heavy (non-hydrogen) atoms. The number of nitrogens with one attached hydrogen (secondary N) is 1. The molecule has 0 spiro atoms. The number of aromatic nitrogens is 2. The SMILES string of the molecule is COc1ccc(CCNC(=O)c2cccc(Cn3nc(C)cc3C)c2)cc1OC. The highest BCUT2D eigenvalue weighted by Crippen LogP contribution is 2.27. The Hall–Kier alpha value is -3.28. The molecule has 0 bridgehead atoms. The number of benzene rings is 2. The molecule has 0 fully saturated rings. The maximum absolute atomic E-state index is 12.6. The summed E-state index contributed by atoms with van der Waals surface area (Å²) in [6, 6.07) is 15.5. The average molecular weight is 393 g/mol. The maximum Gasteiger partial charge on any atom is 0.251 e. The van der Waals surface area contributed by atoms with Gasteiger partial charge < -0.3 is 14.8 Å².